The molecule has 53 heavy (non-hydrogen) atoms. The standard InChI is InChI=1S/C41H60N6O6/c1-3-31-12-11-14-35(28-31)46(4-2)39(49)30-47-36-15-8-7-13-33(36)29-37(47)41(51)45-34-18-16-32(17-19-34)40(50)44-23-10-6-5-9-22-43-38(48)20-24-52-26-27-53-25-21-42/h7-8,11-15,28-29,32,34H,3-6,9-10,16-27,30,42H2,1-2H3,(H,43,48)(H,44,50)(H,45,51). The highest BCUT2D eigenvalue weighted by molar-refractivity contribution is 6.01. The number of hydrogen-bond acceptors (Lipinski definition) is 7. The molecule has 0 aliphatic heterocycles. The van der Waals surface area contributed by atoms with Crippen molar-refractivity contribution in [2.45, 2.75) is 90.6 Å². The van der Waals surface area contributed by atoms with Crippen molar-refractivity contribution in [3.8, 4) is 0 Å². The van der Waals surface area contributed by atoms with Crippen molar-refractivity contribution in [3.63, 3.8) is 0 Å². The van der Waals surface area contributed by atoms with E-state index in [1.807, 2.05) is 54.0 Å². The number of nitrogens with one attached hydrogen (secondary N) is 3. The Morgan fingerprint density at radius 1 is 0.830 bits per heavy atom. The van der Waals surface area contributed by atoms with Crippen molar-refractivity contribution in [1.29, 1.82) is 0 Å². The molecule has 5 N–H and O–H groups in total. The Balaban J connectivity index is 1.15. The molecule has 0 atom stereocenters. The number of likely N-dealkylation sites (N-methyl/N-ethyl adjacent to an activating group) is 1. The number of hydrogen-bond donors (Lipinski definition) is 4. The summed E-state index contributed by atoms with van der Waals surface area (Å²) in [6.45, 7) is 8.21. The van der Waals surface area contributed by atoms with E-state index >= 15 is 0 Å². The normalized spacial score (nSPS) is 15.6. The maximum Gasteiger partial charge on any atom is 0.268 e. The monoisotopic (exact) mass is 732 g/mol. The SMILES string of the molecule is CCc1cccc(N(CC)C(=O)Cn2c(C(=O)NC3CCC(C(=O)NCCCCCCNC(=O)CCOCCOCCN)CC3)cc3ccccc32)c1. The van der Waals surface area contributed by atoms with E-state index in [4.69, 9.17) is 15.2 Å². The number of aryl methyl sites for hydroxylation is 1. The summed E-state index contributed by atoms with van der Waals surface area (Å²) >= 11 is 0. The van der Waals surface area contributed by atoms with Gasteiger partial charge in [0.15, 0.2) is 0 Å². The van der Waals surface area contributed by atoms with Crippen LogP contribution in [0, 0.1) is 5.92 Å². The molecule has 1 aliphatic carbocycles. The van der Waals surface area contributed by atoms with E-state index in [0.29, 0.717) is 77.6 Å². The molecule has 1 aliphatic rings. The van der Waals surface area contributed by atoms with Crippen LogP contribution < -0.4 is 26.6 Å². The molecule has 0 saturated heterocycles. The van der Waals surface area contributed by atoms with Crippen molar-refractivity contribution in [1.82, 2.24) is 20.5 Å². The number of aromatic nitrogens is 1. The smallest absolute Gasteiger partial charge is 0.268 e. The molecular formula is C41H60N6O6. The second-order valence-corrected chi connectivity index (χ2v) is 13.7. The fraction of sp³-hybridized carbons (Fsp3) is 0.561. The third-order valence-electron chi connectivity index (χ3n) is 9.85. The molecule has 0 bridgehead atoms. The maximum absolute atomic E-state index is 13.7. The summed E-state index contributed by atoms with van der Waals surface area (Å²) in [6, 6.07) is 17.6. The molecule has 4 amide bonds. The zero-order valence-electron chi connectivity index (χ0n) is 31.7. The van der Waals surface area contributed by atoms with Gasteiger partial charge in [0, 0.05) is 61.1 Å². The summed E-state index contributed by atoms with van der Waals surface area (Å²) < 4.78 is 12.4. The molecule has 290 valence electrons. The minimum atomic E-state index is -0.202. The molecule has 0 unspecified atom stereocenters. The van der Waals surface area contributed by atoms with Crippen LogP contribution in [0.5, 0.6) is 0 Å². The minimum Gasteiger partial charge on any atom is -0.379 e. The molecule has 4 rings (SSSR count). The number of fused-ring (bicyclic) bond motifs is 1. The number of ether oxygens (including phenoxy) is 2. The lowest BCUT2D eigenvalue weighted by atomic mass is 9.85. The van der Waals surface area contributed by atoms with Gasteiger partial charge >= 0.3 is 0 Å². The van der Waals surface area contributed by atoms with E-state index in [1.165, 1.54) is 5.56 Å². The second kappa shape index (κ2) is 22.7. The van der Waals surface area contributed by atoms with Crippen LogP contribution in [0.1, 0.15) is 87.7 Å². The summed E-state index contributed by atoms with van der Waals surface area (Å²) in [7, 11) is 0. The molecule has 3 aromatic rings. The van der Waals surface area contributed by atoms with Crippen molar-refractivity contribution in [2.75, 3.05) is 57.5 Å². The van der Waals surface area contributed by atoms with Gasteiger partial charge in [-0.05, 0) is 81.7 Å². The molecule has 12 heteroatoms. The van der Waals surface area contributed by atoms with Crippen LogP contribution in [0.15, 0.2) is 54.6 Å². The van der Waals surface area contributed by atoms with E-state index in [2.05, 4.69) is 35.0 Å². The lowest BCUT2D eigenvalue weighted by Crippen LogP contribution is -2.42. The number of nitrogens with two attached hydrogens (primary N) is 1. The summed E-state index contributed by atoms with van der Waals surface area (Å²) in [5, 5.41) is 10.1. The van der Waals surface area contributed by atoms with Gasteiger partial charge in [-0.1, -0.05) is 50.1 Å². The van der Waals surface area contributed by atoms with Crippen LogP contribution in [0.4, 0.5) is 5.69 Å². The first-order valence-electron chi connectivity index (χ1n) is 19.5. The van der Waals surface area contributed by atoms with Crippen LogP contribution in [-0.4, -0.2) is 86.8 Å². The van der Waals surface area contributed by atoms with Gasteiger partial charge in [-0.2, -0.15) is 0 Å². The van der Waals surface area contributed by atoms with E-state index in [0.717, 1.165) is 61.5 Å². The molecule has 0 radical (unpaired) electrons. The van der Waals surface area contributed by atoms with Crippen LogP contribution in [0.2, 0.25) is 0 Å². The number of carbonyl (C=O) groups is 4. The largest absolute Gasteiger partial charge is 0.379 e. The first-order valence-corrected chi connectivity index (χ1v) is 19.5. The van der Waals surface area contributed by atoms with E-state index in [-0.39, 0.29) is 42.1 Å². The topological polar surface area (TPSA) is 157 Å². The van der Waals surface area contributed by atoms with Crippen LogP contribution in [-0.2, 0) is 36.8 Å². The average molecular weight is 733 g/mol. The second-order valence-electron chi connectivity index (χ2n) is 13.7. The highest BCUT2D eigenvalue weighted by atomic mass is 16.5. The minimum absolute atomic E-state index is 0.0162. The van der Waals surface area contributed by atoms with Crippen molar-refractivity contribution < 1.29 is 28.7 Å². The number of carbonyl (C=O) groups excluding carboxylic acids is 4. The summed E-state index contributed by atoms with van der Waals surface area (Å²) in [4.78, 5) is 54.0. The fourth-order valence-electron chi connectivity index (χ4n) is 6.84. The summed E-state index contributed by atoms with van der Waals surface area (Å²) in [6.07, 6.45) is 7.84. The van der Waals surface area contributed by atoms with Gasteiger partial charge in [-0.15, -0.1) is 0 Å². The average Bonchev–Trinajstić information content (AvgIpc) is 3.54. The predicted octanol–water partition coefficient (Wildman–Crippen LogP) is 4.72. The molecule has 1 saturated carbocycles. The quantitative estimate of drug-likeness (QED) is 0.103. The molecule has 2 aromatic carbocycles. The van der Waals surface area contributed by atoms with Gasteiger partial charge in [-0.25, -0.2) is 0 Å². The van der Waals surface area contributed by atoms with Crippen molar-refractivity contribution >= 4 is 40.2 Å². The number of nitrogens with zero attached hydrogens (tertiary/aromatic N) is 2. The first kappa shape index (κ1) is 41.5. The Kier molecular flexibility index (Phi) is 17.8. The highest BCUT2D eigenvalue weighted by Gasteiger charge is 2.28. The lowest BCUT2D eigenvalue weighted by molar-refractivity contribution is -0.126. The van der Waals surface area contributed by atoms with E-state index in [1.54, 1.807) is 4.90 Å². The Hall–Kier alpha value is -4.26. The predicted molar refractivity (Wildman–Crippen MR) is 209 cm³/mol. The molecular weight excluding hydrogens is 672 g/mol. The van der Waals surface area contributed by atoms with Gasteiger partial charge < -0.3 is 40.6 Å². The zero-order chi connectivity index (χ0) is 37.8. The summed E-state index contributed by atoms with van der Waals surface area (Å²) in [5.41, 5.74) is 8.69. The van der Waals surface area contributed by atoms with Crippen LogP contribution in [0.3, 0.4) is 0 Å². The molecule has 1 aromatic heterocycles. The van der Waals surface area contributed by atoms with Gasteiger partial charge in [0.2, 0.25) is 17.7 Å². The Morgan fingerprint density at radius 3 is 2.26 bits per heavy atom. The Labute approximate surface area is 314 Å². The number of rotatable bonds is 23. The van der Waals surface area contributed by atoms with Gasteiger partial charge in [0.1, 0.15) is 12.2 Å². The number of para-hydroxylation sites is 1. The fourth-order valence-corrected chi connectivity index (χ4v) is 6.84. The van der Waals surface area contributed by atoms with Crippen LogP contribution in [0.25, 0.3) is 10.9 Å². The van der Waals surface area contributed by atoms with Gasteiger partial charge in [0.05, 0.1) is 26.4 Å². The van der Waals surface area contributed by atoms with E-state index in [9.17, 15) is 19.2 Å². The van der Waals surface area contributed by atoms with Crippen LogP contribution >= 0.6 is 0 Å². The zero-order valence-corrected chi connectivity index (χ0v) is 31.7. The van der Waals surface area contributed by atoms with Crippen molar-refractivity contribution in [3.05, 3.63) is 65.9 Å². The number of amides is 4. The van der Waals surface area contributed by atoms with Gasteiger partial charge in [0.25, 0.3) is 5.91 Å². The Morgan fingerprint density at radius 2 is 1.55 bits per heavy atom. The number of anilines is 1. The van der Waals surface area contributed by atoms with Crippen molar-refractivity contribution in [2.24, 2.45) is 11.7 Å². The number of unbranched alkanes of at least 4 members (excludes halogenated alkanes) is 3. The highest BCUT2D eigenvalue weighted by Crippen LogP contribution is 2.26. The third-order valence-corrected chi connectivity index (χ3v) is 9.85. The van der Waals surface area contributed by atoms with Gasteiger partial charge in [-0.3, -0.25) is 19.2 Å². The third kappa shape index (κ3) is 13.3. The molecule has 1 heterocycles. The lowest BCUT2D eigenvalue weighted by Gasteiger charge is -2.28. The Bertz CT molecular complexity index is 1600. The maximum atomic E-state index is 13.7. The first-order chi connectivity index (χ1) is 25.8. The molecule has 1 fully saturated rings. The summed E-state index contributed by atoms with van der Waals surface area (Å²) in [5.74, 6) is -0.273. The van der Waals surface area contributed by atoms with E-state index < -0.39 is 0 Å². The molecule has 12 nitrogen and oxygen atoms in total. The molecule has 0 spiro atoms. The number of benzene rings is 2.